The highest BCUT2D eigenvalue weighted by Gasteiger charge is 2.36. The maximum Gasteiger partial charge on any atom is 0.349 e. The van der Waals surface area contributed by atoms with Crippen LogP contribution in [0.4, 0.5) is 39.8 Å². The Morgan fingerprint density at radius 3 is 1.38 bits per heavy atom. The van der Waals surface area contributed by atoms with E-state index in [-0.39, 0.29) is 34.1 Å². The summed E-state index contributed by atoms with van der Waals surface area (Å²) in [6, 6.07) is 43.6. The van der Waals surface area contributed by atoms with Gasteiger partial charge in [-0.05, 0) is 60.7 Å². The summed E-state index contributed by atoms with van der Waals surface area (Å²) in [5.41, 5.74) is 4.16. The lowest BCUT2D eigenvalue weighted by Gasteiger charge is -2.26. The zero-order valence-electron chi connectivity index (χ0n) is 25.3. The molecule has 240 valence electrons. The summed E-state index contributed by atoms with van der Waals surface area (Å²) >= 11 is 0. The van der Waals surface area contributed by atoms with Gasteiger partial charge in [0.25, 0.3) is 10.1 Å². The lowest BCUT2D eigenvalue weighted by atomic mass is 10.1. The Hall–Kier alpha value is -6.30. The summed E-state index contributed by atoms with van der Waals surface area (Å²) in [4.78, 5) is 19.9. The minimum absolute atomic E-state index is 0.0136. The van der Waals surface area contributed by atoms with Gasteiger partial charge in [0.05, 0.1) is 17.1 Å². The van der Waals surface area contributed by atoms with E-state index in [2.05, 4.69) is 21.4 Å². The first-order chi connectivity index (χ1) is 23.4. The Bertz CT molecular complexity index is 2100. The van der Waals surface area contributed by atoms with Gasteiger partial charge in [-0.25, -0.2) is 10.3 Å². The number of nitrogens with one attached hydrogen (secondary N) is 4. The summed E-state index contributed by atoms with van der Waals surface area (Å²) in [5, 5.41) is 9.42. The van der Waals surface area contributed by atoms with E-state index in [4.69, 9.17) is 9.57 Å². The highest BCUT2D eigenvalue weighted by atomic mass is 32.2. The second kappa shape index (κ2) is 14.4. The maximum absolute atomic E-state index is 14.3. The molecule has 5 N–H and O–H groups in total. The van der Waals surface area contributed by atoms with Crippen molar-refractivity contribution in [2.45, 2.75) is 4.90 Å². The Labute approximate surface area is 277 Å². The van der Waals surface area contributed by atoms with E-state index in [1.165, 1.54) is 0 Å². The van der Waals surface area contributed by atoms with Crippen molar-refractivity contribution in [3.8, 4) is 11.5 Å². The van der Waals surface area contributed by atoms with Crippen LogP contribution in [0.3, 0.4) is 0 Å². The van der Waals surface area contributed by atoms with E-state index < -0.39 is 21.0 Å². The average Bonchev–Trinajstić information content (AvgIpc) is 3.10. The molecule has 48 heavy (non-hydrogen) atoms. The standard InChI is InChI=1S/C37H30N4O6S/c42-37(46-30-24-14-5-15-25-30)31-32(38-26-16-6-1-7-17-26)36(48(43,44)45)34(40-28-20-10-3-11-21-28)33(39-27-18-8-2-9-19-27)35(31)47-41-29-22-12-4-13-23-29/h1-25,38-41H,(H,43,44,45). The summed E-state index contributed by atoms with van der Waals surface area (Å²) in [7, 11) is -5.08. The molecule has 0 radical (unpaired) electrons. The van der Waals surface area contributed by atoms with Gasteiger partial charge in [-0.2, -0.15) is 8.42 Å². The number of benzene rings is 6. The van der Waals surface area contributed by atoms with Crippen molar-refractivity contribution in [1.82, 2.24) is 0 Å². The summed E-state index contributed by atoms with van der Waals surface area (Å²) in [6.45, 7) is 0. The fraction of sp³-hybridized carbons (Fsp3) is 0. The van der Waals surface area contributed by atoms with Gasteiger partial charge < -0.3 is 25.5 Å². The van der Waals surface area contributed by atoms with Gasteiger partial charge >= 0.3 is 5.97 Å². The molecule has 0 fully saturated rings. The molecule has 6 aromatic carbocycles. The van der Waals surface area contributed by atoms with Crippen molar-refractivity contribution in [3.63, 3.8) is 0 Å². The number of ether oxygens (including phenoxy) is 1. The minimum atomic E-state index is -5.08. The van der Waals surface area contributed by atoms with Gasteiger partial charge in [-0.3, -0.25) is 4.55 Å². The monoisotopic (exact) mass is 658 g/mol. The summed E-state index contributed by atoms with van der Waals surface area (Å²) in [6.07, 6.45) is 0. The fourth-order valence-corrected chi connectivity index (χ4v) is 5.70. The Kier molecular flexibility index (Phi) is 9.51. The number of carbonyl (C=O) groups excluding carboxylic acids is 1. The fourth-order valence-electron chi connectivity index (χ4n) is 4.88. The minimum Gasteiger partial charge on any atom is -0.423 e. The largest absolute Gasteiger partial charge is 0.423 e. The number of esters is 1. The van der Waals surface area contributed by atoms with Crippen molar-refractivity contribution in [2.24, 2.45) is 0 Å². The van der Waals surface area contributed by atoms with E-state index in [1.54, 1.807) is 140 Å². The molecule has 0 bridgehead atoms. The van der Waals surface area contributed by atoms with Crippen LogP contribution >= 0.6 is 0 Å². The number of hydrogen-bond acceptors (Lipinski definition) is 9. The van der Waals surface area contributed by atoms with Crippen molar-refractivity contribution in [3.05, 3.63) is 157 Å². The van der Waals surface area contributed by atoms with Gasteiger partial charge in [0, 0.05) is 17.1 Å². The first-order valence-corrected chi connectivity index (χ1v) is 16.2. The highest BCUT2D eigenvalue weighted by molar-refractivity contribution is 7.86. The third-order valence-corrected chi connectivity index (χ3v) is 7.92. The molecule has 0 spiro atoms. The molecule has 0 atom stereocenters. The molecular formula is C37H30N4O6S. The second-order valence-electron chi connectivity index (χ2n) is 10.4. The smallest absolute Gasteiger partial charge is 0.349 e. The Morgan fingerprint density at radius 2 is 0.917 bits per heavy atom. The molecule has 0 unspecified atom stereocenters. The summed E-state index contributed by atoms with van der Waals surface area (Å²) in [5.74, 6) is -0.891. The third-order valence-electron chi connectivity index (χ3n) is 7.00. The van der Waals surface area contributed by atoms with Crippen LogP contribution in [0.1, 0.15) is 10.4 Å². The zero-order valence-corrected chi connectivity index (χ0v) is 26.1. The van der Waals surface area contributed by atoms with Crippen LogP contribution in [0, 0.1) is 0 Å². The van der Waals surface area contributed by atoms with E-state index in [1.807, 2.05) is 12.1 Å². The van der Waals surface area contributed by atoms with Crippen LogP contribution in [0.15, 0.2) is 157 Å². The lowest BCUT2D eigenvalue weighted by Crippen LogP contribution is -2.20. The maximum atomic E-state index is 14.3. The van der Waals surface area contributed by atoms with Crippen LogP contribution in [0.25, 0.3) is 0 Å². The molecule has 0 aromatic heterocycles. The van der Waals surface area contributed by atoms with E-state index in [0.29, 0.717) is 22.7 Å². The molecule has 0 aliphatic rings. The predicted octanol–water partition coefficient (Wildman–Crippen LogP) is 8.79. The van der Waals surface area contributed by atoms with Crippen molar-refractivity contribution in [1.29, 1.82) is 0 Å². The molecule has 6 aromatic rings. The quantitative estimate of drug-likeness (QED) is 0.0375. The molecule has 10 nitrogen and oxygen atoms in total. The van der Waals surface area contributed by atoms with Gasteiger partial charge in [-0.1, -0.05) is 91.0 Å². The lowest BCUT2D eigenvalue weighted by molar-refractivity contribution is 0.0732. The second-order valence-corrected chi connectivity index (χ2v) is 11.7. The molecule has 6 rings (SSSR count). The number of carbonyl (C=O) groups is 1. The Balaban J connectivity index is 1.69. The molecule has 0 amide bonds. The molecule has 0 heterocycles. The van der Waals surface area contributed by atoms with E-state index in [9.17, 15) is 17.8 Å². The van der Waals surface area contributed by atoms with Gasteiger partial charge in [0.15, 0.2) is 5.75 Å². The van der Waals surface area contributed by atoms with Crippen molar-refractivity contribution >= 4 is 55.9 Å². The number of hydrogen-bond donors (Lipinski definition) is 5. The number of para-hydroxylation sites is 5. The summed E-state index contributed by atoms with van der Waals surface area (Å²) < 4.78 is 43.8. The normalized spacial score (nSPS) is 10.9. The van der Waals surface area contributed by atoms with Crippen LogP contribution in [0.2, 0.25) is 0 Å². The molecule has 11 heteroatoms. The van der Waals surface area contributed by atoms with Gasteiger partial charge in [0.2, 0.25) is 0 Å². The van der Waals surface area contributed by atoms with E-state index >= 15 is 0 Å². The van der Waals surface area contributed by atoms with Crippen molar-refractivity contribution < 1.29 is 27.3 Å². The molecule has 0 saturated carbocycles. The molecule has 0 saturated heterocycles. The molecule has 0 aliphatic carbocycles. The average molecular weight is 659 g/mol. The molecule has 0 aliphatic heterocycles. The van der Waals surface area contributed by atoms with Gasteiger partial charge in [0.1, 0.15) is 21.9 Å². The van der Waals surface area contributed by atoms with E-state index in [0.717, 1.165) is 0 Å². The van der Waals surface area contributed by atoms with Crippen molar-refractivity contribution in [2.75, 3.05) is 21.4 Å². The zero-order chi connectivity index (χ0) is 33.3. The predicted molar refractivity (Wildman–Crippen MR) is 188 cm³/mol. The third kappa shape index (κ3) is 7.56. The van der Waals surface area contributed by atoms with Crippen LogP contribution in [-0.2, 0) is 10.1 Å². The van der Waals surface area contributed by atoms with Crippen LogP contribution in [-0.4, -0.2) is 18.9 Å². The SMILES string of the molecule is O=C(Oc1ccccc1)c1c(Nc2ccccc2)c(S(=O)(=O)O)c(Nc2ccccc2)c(Nc2ccccc2)c1ONc1ccccc1. The number of anilines is 7. The number of rotatable bonds is 12. The first-order valence-electron chi connectivity index (χ1n) is 14.8. The van der Waals surface area contributed by atoms with Crippen LogP contribution < -0.4 is 31.0 Å². The van der Waals surface area contributed by atoms with Crippen LogP contribution in [0.5, 0.6) is 11.5 Å². The topological polar surface area (TPSA) is 138 Å². The van der Waals surface area contributed by atoms with Gasteiger partial charge in [-0.15, -0.1) is 0 Å². The Morgan fingerprint density at radius 1 is 0.521 bits per heavy atom. The highest BCUT2D eigenvalue weighted by Crippen LogP contribution is 2.50. The first kappa shape index (κ1) is 31.7. The molecular weight excluding hydrogens is 628 g/mol.